The number of aromatic nitrogens is 2. The molecule has 0 radical (unpaired) electrons. The molecule has 0 fully saturated rings. The van der Waals surface area contributed by atoms with Gasteiger partial charge in [0, 0.05) is 18.0 Å². The maximum Gasteiger partial charge on any atom is 0.163 e. The summed E-state index contributed by atoms with van der Waals surface area (Å²) in [6.45, 7) is 5.85. The fraction of sp³-hybridized carbons (Fsp3) is 0.357. The van der Waals surface area contributed by atoms with Crippen molar-refractivity contribution in [2.45, 2.75) is 20.4 Å². The number of benzene rings is 1. The third kappa shape index (κ3) is 3.64. The first-order valence-electron chi connectivity index (χ1n) is 6.44. The van der Waals surface area contributed by atoms with Crippen molar-refractivity contribution >= 4 is 5.69 Å². The first-order chi connectivity index (χ1) is 9.33. The van der Waals surface area contributed by atoms with Crippen LogP contribution < -0.4 is 14.8 Å². The summed E-state index contributed by atoms with van der Waals surface area (Å²) in [5.74, 6) is 1.54. The first-order valence-corrected chi connectivity index (χ1v) is 6.44. The largest absolute Gasteiger partial charge is 0.490 e. The molecule has 0 aliphatic rings. The fourth-order valence-electron chi connectivity index (χ4n) is 1.74. The van der Waals surface area contributed by atoms with Gasteiger partial charge in [-0.1, -0.05) is 0 Å². The number of anilines is 1. The van der Waals surface area contributed by atoms with Crippen LogP contribution in [0.4, 0.5) is 5.69 Å². The van der Waals surface area contributed by atoms with Gasteiger partial charge >= 0.3 is 0 Å². The molecule has 0 saturated carbocycles. The van der Waals surface area contributed by atoms with Crippen LogP contribution in [0.25, 0.3) is 0 Å². The molecule has 0 aliphatic heterocycles. The number of nitrogens with one attached hydrogen (secondary N) is 2. The fourth-order valence-corrected chi connectivity index (χ4v) is 1.74. The molecule has 2 N–H and O–H groups in total. The van der Waals surface area contributed by atoms with E-state index in [0.29, 0.717) is 19.8 Å². The molecule has 2 rings (SSSR count). The number of nitrogens with zero attached hydrogens (tertiary/aromatic N) is 1. The van der Waals surface area contributed by atoms with Crippen molar-refractivity contribution in [1.82, 2.24) is 9.97 Å². The zero-order chi connectivity index (χ0) is 13.5. The highest BCUT2D eigenvalue weighted by Gasteiger charge is 2.06. The van der Waals surface area contributed by atoms with Gasteiger partial charge in [0.05, 0.1) is 31.8 Å². The molecular formula is C14H19N3O2. The number of rotatable bonds is 7. The number of hydrogen-bond donors (Lipinski definition) is 2. The van der Waals surface area contributed by atoms with Crippen molar-refractivity contribution in [2.75, 3.05) is 18.5 Å². The number of H-pyrrole nitrogens is 1. The molecule has 2 aromatic rings. The minimum atomic E-state index is 0.615. The third-order valence-electron chi connectivity index (χ3n) is 2.58. The van der Waals surface area contributed by atoms with E-state index in [1.54, 1.807) is 12.5 Å². The Hall–Kier alpha value is -2.17. The summed E-state index contributed by atoms with van der Waals surface area (Å²) in [7, 11) is 0. The molecule has 0 aliphatic carbocycles. The predicted molar refractivity (Wildman–Crippen MR) is 74.7 cm³/mol. The van der Waals surface area contributed by atoms with Crippen LogP contribution in [0.3, 0.4) is 0 Å². The summed E-state index contributed by atoms with van der Waals surface area (Å²) in [6.07, 6.45) is 3.46. The topological polar surface area (TPSA) is 59.2 Å². The van der Waals surface area contributed by atoms with Crippen molar-refractivity contribution in [3.05, 3.63) is 36.4 Å². The monoisotopic (exact) mass is 261 g/mol. The predicted octanol–water partition coefficient (Wildman–Crippen LogP) is 2.82. The average Bonchev–Trinajstić information content (AvgIpc) is 2.93. The van der Waals surface area contributed by atoms with E-state index < -0.39 is 0 Å². The summed E-state index contributed by atoms with van der Waals surface area (Å²) >= 11 is 0. The summed E-state index contributed by atoms with van der Waals surface area (Å²) in [5, 5.41) is 3.31. The van der Waals surface area contributed by atoms with Gasteiger partial charge in [-0.25, -0.2) is 4.98 Å². The lowest BCUT2D eigenvalue weighted by Gasteiger charge is -2.13. The Morgan fingerprint density at radius 3 is 2.63 bits per heavy atom. The zero-order valence-corrected chi connectivity index (χ0v) is 11.3. The van der Waals surface area contributed by atoms with Gasteiger partial charge < -0.3 is 19.8 Å². The third-order valence-corrected chi connectivity index (χ3v) is 2.58. The van der Waals surface area contributed by atoms with E-state index in [0.717, 1.165) is 22.9 Å². The summed E-state index contributed by atoms with van der Waals surface area (Å²) in [4.78, 5) is 7.03. The van der Waals surface area contributed by atoms with E-state index in [-0.39, 0.29) is 0 Å². The molecule has 102 valence electrons. The molecular weight excluding hydrogens is 242 g/mol. The van der Waals surface area contributed by atoms with E-state index in [1.807, 2.05) is 32.0 Å². The average molecular weight is 261 g/mol. The number of hydrogen-bond acceptors (Lipinski definition) is 4. The molecule has 0 unspecified atom stereocenters. The van der Waals surface area contributed by atoms with Gasteiger partial charge in [0.2, 0.25) is 0 Å². The zero-order valence-electron chi connectivity index (χ0n) is 11.3. The molecule has 5 heteroatoms. The molecule has 0 spiro atoms. The Labute approximate surface area is 113 Å². The quantitative estimate of drug-likeness (QED) is 0.804. The van der Waals surface area contributed by atoms with Gasteiger partial charge in [-0.3, -0.25) is 0 Å². The SMILES string of the molecule is CCOc1ccc(NCc2cnc[nH]2)cc1OCC. The van der Waals surface area contributed by atoms with E-state index in [2.05, 4.69) is 15.3 Å². The second kappa shape index (κ2) is 6.68. The molecule has 19 heavy (non-hydrogen) atoms. The Morgan fingerprint density at radius 1 is 1.16 bits per heavy atom. The molecule has 1 heterocycles. The lowest BCUT2D eigenvalue weighted by molar-refractivity contribution is 0.288. The second-order valence-corrected chi connectivity index (χ2v) is 3.96. The van der Waals surface area contributed by atoms with Crippen molar-refractivity contribution < 1.29 is 9.47 Å². The van der Waals surface area contributed by atoms with Gasteiger partial charge in [-0.15, -0.1) is 0 Å². The molecule has 1 aromatic carbocycles. The summed E-state index contributed by atoms with van der Waals surface area (Å²) in [6, 6.07) is 5.85. The van der Waals surface area contributed by atoms with Gasteiger partial charge in [0.25, 0.3) is 0 Å². The first kappa shape index (κ1) is 13.3. The van der Waals surface area contributed by atoms with Crippen molar-refractivity contribution in [2.24, 2.45) is 0 Å². The van der Waals surface area contributed by atoms with Crippen LogP contribution in [-0.4, -0.2) is 23.2 Å². The van der Waals surface area contributed by atoms with E-state index >= 15 is 0 Å². The highest BCUT2D eigenvalue weighted by Crippen LogP contribution is 2.30. The number of imidazole rings is 1. The Balaban J connectivity index is 2.06. The maximum atomic E-state index is 5.58. The number of ether oxygens (including phenoxy) is 2. The van der Waals surface area contributed by atoms with Gasteiger partial charge in [-0.2, -0.15) is 0 Å². The van der Waals surface area contributed by atoms with Crippen molar-refractivity contribution in [3.63, 3.8) is 0 Å². The molecule has 0 atom stereocenters. The lowest BCUT2D eigenvalue weighted by atomic mass is 10.2. The minimum absolute atomic E-state index is 0.615. The summed E-state index contributed by atoms with van der Waals surface area (Å²) in [5.41, 5.74) is 2.02. The van der Waals surface area contributed by atoms with Crippen molar-refractivity contribution in [1.29, 1.82) is 0 Å². The highest BCUT2D eigenvalue weighted by molar-refractivity contribution is 5.54. The maximum absolute atomic E-state index is 5.58. The van der Waals surface area contributed by atoms with Crippen LogP contribution in [0.2, 0.25) is 0 Å². The molecule has 0 saturated heterocycles. The number of aromatic amines is 1. The lowest BCUT2D eigenvalue weighted by Crippen LogP contribution is -2.02. The Morgan fingerprint density at radius 2 is 1.95 bits per heavy atom. The van der Waals surface area contributed by atoms with Crippen LogP contribution in [-0.2, 0) is 6.54 Å². The standard InChI is InChI=1S/C14H19N3O2/c1-3-18-13-6-5-11(7-14(13)19-4-2)16-9-12-8-15-10-17-12/h5-8,10,16H,3-4,9H2,1-2H3,(H,15,17). The highest BCUT2D eigenvalue weighted by atomic mass is 16.5. The molecule has 0 amide bonds. The van der Waals surface area contributed by atoms with Crippen LogP contribution in [0, 0.1) is 0 Å². The van der Waals surface area contributed by atoms with E-state index in [4.69, 9.17) is 9.47 Å². The molecule has 1 aromatic heterocycles. The summed E-state index contributed by atoms with van der Waals surface area (Å²) < 4.78 is 11.1. The smallest absolute Gasteiger partial charge is 0.163 e. The van der Waals surface area contributed by atoms with Crippen LogP contribution in [0.15, 0.2) is 30.7 Å². The Bertz CT molecular complexity index is 497. The second-order valence-electron chi connectivity index (χ2n) is 3.96. The molecule has 5 nitrogen and oxygen atoms in total. The minimum Gasteiger partial charge on any atom is -0.490 e. The molecule has 0 bridgehead atoms. The Kier molecular flexibility index (Phi) is 4.66. The van der Waals surface area contributed by atoms with Gasteiger partial charge in [0.15, 0.2) is 11.5 Å². The van der Waals surface area contributed by atoms with Gasteiger partial charge in [0.1, 0.15) is 0 Å². The van der Waals surface area contributed by atoms with E-state index in [9.17, 15) is 0 Å². The van der Waals surface area contributed by atoms with Crippen molar-refractivity contribution in [3.8, 4) is 11.5 Å². The van der Waals surface area contributed by atoms with Crippen LogP contribution >= 0.6 is 0 Å². The van der Waals surface area contributed by atoms with Crippen LogP contribution in [0.5, 0.6) is 11.5 Å². The van der Waals surface area contributed by atoms with Gasteiger partial charge in [-0.05, 0) is 26.0 Å². The normalized spacial score (nSPS) is 10.2. The van der Waals surface area contributed by atoms with E-state index in [1.165, 1.54) is 0 Å². The van der Waals surface area contributed by atoms with Crippen LogP contribution in [0.1, 0.15) is 19.5 Å².